The van der Waals surface area contributed by atoms with E-state index in [1.807, 2.05) is 30.0 Å². The van der Waals surface area contributed by atoms with Crippen molar-refractivity contribution in [3.8, 4) is 5.75 Å². The lowest BCUT2D eigenvalue weighted by molar-refractivity contribution is -0.117. The highest BCUT2D eigenvalue weighted by molar-refractivity contribution is 5.92. The van der Waals surface area contributed by atoms with Crippen LogP contribution in [0.2, 0.25) is 0 Å². The summed E-state index contributed by atoms with van der Waals surface area (Å²) in [5.74, 6) is 0.622. The molecule has 0 aliphatic carbocycles. The van der Waals surface area contributed by atoms with E-state index in [2.05, 4.69) is 18.5 Å². The number of anilines is 1. The van der Waals surface area contributed by atoms with Crippen LogP contribution < -0.4 is 10.1 Å². The minimum Gasteiger partial charge on any atom is -0.491 e. The Bertz CT molecular complexity index is 493. The first-order chi connectivity index (χ1) is 11.2. The molecule has 0 saturated heterocycles. The van der Waals surface area contributed by atoms with Crippen LogP contribution in [0, 0.1) is 0 Å². The predicted molar refractivity (Wildman–Crippen MR) is 93.9 cm³/mol. The Hall–Kier alpha value is -2.11. The van der Waals surface area contributed by atoms with Crippen molar-refractivity contribution in [2.45, 2.75) is 6.92 Å². The summed E-state index contributed by atoms with van der Waals surface area (Å²) >= 11 is 0. The maximum Gasteiger partial charge on any atom is 0.238 e. The lowest BCUT2D eigenvalue weighted by Gasteiger charge is -2.18. The van der Waals surface area contributed by atoms with Gasteiger partial charge < -0.3 is 14.8 Å². The predicted octanol–water partition coefficient (Wildman–Crippen LogP) is 2.71. The molecule has 0 aliphatic heterocycles. The van der Waals surface area contributed by atoms with Gasteiger partial charge in [-0.1, -0.05) is 18.2 Å². The van der Waals surface area contributed by atoms with Gasteiger partial charge in [0.15, 0.2) is 0 Å². The van der Waals surface area contributed by atoms with E-state index in [9.17, 15) is 4.79 Å². The molecule has 1 aromatic rings. The van der Waals surface area contributed by atoms with Gasteiger partial charge in [0, 0.05) is 31.5 Å². The molecule has 0 radical (unpaired) electrons. The number of ether oxygens (including phenoxy) is 2. The SMILES string of the molecule is C=CCN(CC=C)CC(=O)Nc1cccc(OCCOCC)c1. The van der Waals surface area contributed by atoms with E-state index in [1.54, 1.807) is 18.2 Å². The Morgan fingerprint density at radius 1 is 1.26 bits per heavy atom. The fourth-order valence-corrected chi connectivity index (χ4v) is 2.00. The average Bonchev–Trinajstić information content (AvgIpc) is 2.52. The van der Waals surface area contributed by atoms with Crippen molar-refractivity contribution in [2.24, 2.45) is 0 Å². The topological polar surface area (TPSA) is 50.8 Å². The zero-order valence-corrected chi connectivity index (χ0v) is 13.8. The van der Waals surface area contributed by atoms with E-state index in [0.717, 1.165) is 0 Å². The first kappa shape index (κ1) is 18.9. The third-order valence-corrected chi connectivity index (χ3v) is 2.96. The van der Waals surface area contributed by atoms with E-state index in [-0.39, 0.29) is 12.5 Å². The molecule has 0 fully saturated rings. The normalized spacial score (nSPS) is 10.3. The van der Waals surface area contributed by atoms with Crippen LogP contribution in [0.5, 0.6) is 5.75 Å². The molecule has 0 heterocycles. The molecule has 5 nitrogen and oxygen atoms in total. The molecule has 23 heavy (non-hydrogen) atoms. The zero-order chi connectivity index (χ0) is 16.9. The van der Waals surface area contributed by atoms with Gasteiger partial charge in [-0.3, -0.25) is 9.69 Å². The fraction of sp³-hybridized carbons (Fsp3) is 0.389. The zero-order valence-electron chi connectivity index (χ0n) is 13.8. The summed E-state index contributed by atoms with van der Waals surface area (Å²) in [5, 5.41) is 2.87. The Kier molecular flexibility index (Phi) is 9.43. The van der Waals surface area contributed by atoms with Crippen molar-refractivity contribution in [1.82, 2.24) is 4.90 Å². The van der Waals surface area contributed by atoms with Crippen LogP contribution in [0.25, 0.3) is 0 Å². The Morgan fingerprint density at radius 3 is 2.65 bits per heavy atom. The highest BCUT2D eigenvalue weighted by atomic mass is 16.5. The van der Waals surface area contributed by atoms with Crippen LogP contribution in [-0.4, -0.2) is 50.3 Å². The van der Waals surface area contributed by atoms with Crippen molar-refractivity contribution in [2.75, 3.05) is 44.8 Å². The number of benzene rings is 1. The van der Waals surface area contributed by atoms with Gasteiger partial charge in [-0.05, 0) is 19.1 Å². The second-order valence-corrected chi connectivity index (χ2v) is 4.89. The van der Waals surface area contributed by atoms with Gasteiger partial charge in [-0.15, -0.1) is 13.2 Å². The summed E-state index contributed by atoms with van der Waals surface area (Å²) in [6.07, 6.45) is 3.53. The molecule has 0 atom stereocenters. The number of hydrogen-bond acceptors (Lipinski definition) is 4. The molecule has 1 aromatic carbocycles. The van der Waals surface area contributed by atoms with Crippen molar-refractivity contribution in [3.63, 3.8) is 0 Å². The third kappa shape index (κ3) is 8.18. The molecule has 0 bridgehead atoms. The molecule has 0 aliphatic rings. The maximum atomic E-state index is 12.1. The Labute approximate surface area is 138 Å². The first-order valence-electron chi connectivity index (χ1n) is 7.74. The van der Waals surface area contributed by atoms with E-state index in [4.69, 9.17) is 9.47 Å². The third-order valence-electron chi connectivity index (χ3n) is 2.96. The monoisotopic (exact) mass is 318 g/mol. The van der Waals surface area contributed by atoms with Gasteiger partial charge in [0.05, 0.1) is 13.2 Å². The molecule has 1 amide bonds. The smallest absolute Gasteiger partial charge is 0.238 e. The molecular weight excluding hydrogens is 292 g/mol. The molecule has 126 valence electrons. The summed E-state index contributed by atoms with van der Waals surface area (Å²) in [4.78, 5) is 14.0. The van der Waals surface area contributed by atoms with Crippen molar-refractivity contribution < 1.29 is 14.3 Å². The standard InChI is InChI=1S/C18H26N2O3/c1-4-10-20(11-5-2)15-18(21)19-16-8-7-9-17(14-16)23-13-12-22-6-3/h4-5,7-9,14H,1-2,6,10-13,15H2,3H3,(H,19,21). The number of nitrogens with zero attached hydrogens (tertiary/aromatic N) is 1. The number of nitrogens with one attached hydrogen (secondary N) is 1. The Balaban J connectivity index is 2.50. The van der Waals surface area contributed by atoms with Crippen molar-refractivity contribution in [1.29, 1.82) is 0 Å². The van der Waals surface area contributed by atoms with E-state index in [0.29, 0.717) is 44.3 Å². The van der Waals surface area contributed by atoms with Gasteiger partial charge in [-0.25, -0.2) is 0 Å². The Morgan fingerprint density at radius 2 is 2.00 bits per heavy atom. The molecule has 0 unspecified atom stereocenters. The largest absolute Gasteiger partial charge is 0.491 e. The van der Waals surface area contributed by atoms with E-state index in [1.165, 1.54) is 0 Å². The van der Waals surface area contributed by atoms with Crippen LogP contribution in [0.15, 0.2) is 49.6 Å². The van der Waals surface area contributed by atoms with Gasteiger partial charge in [0.1, 0.15) is 12.4 Å². The molecule has 5 heteroatoms. The van der Waals surface area contributed by atoms with Gasteiger partial charge in [-0.2, -0.15) is 0 Å². The molecule has 1 N–H and O–H groups in total. The van der Waals surface area contributed by atoms with Crippen LogP contribution in [0.3, 0.4) is 0 Å². The molecule has 0 spiro atoms. The minimum absolute atomic E-state index is 0.0832. The second-order valence-electron chi connectivity index (χ2n) is 4.89. The number of hydrogen-bond donors (Lipinski definition) is 1. The summed E-state index contributed by atoms with van der Waals surface area (Å²) in [7, 11) is 0. The highest BCUT2D eigenvalue weighted by Crippen LogP contribution is 2.17. The second kappa shape index (κ2) is 11.5. The van der Waals surface area contributed by atoms with Crippen LogP contribution in [-0.2, 0) is 9.53 Å². The van der Waals surface area contributed by atoms with Crippen molar-refractivity contribution >= 4 is 11.6 Å². The van der Waals surface area contributed by atoms with E-state index < -0.39 is 0 Å². The van der Waals surface area contributed by atoms with Crippen LogP contribution in [0.4, 0.5) is 5.69 Å². The number of rotatable bonds is 12. The maximum absolute atomic E-state index is 12.1. The van der Waals surface area contributed by atoms with Gasteiger partial charge in [0.25, 0.3) is 0 Å². The summed E-state index contributed by atoms with van der Waals surface area (Å²) in [6.45, 7) is 12.6. The minimum atomic E-state index is -0.0832. The summed E-state index contributed by atoms with van der Waals surface area (Å²) in [6, 6.07) is 7.33. The van der Waals surface area contributed by atoms with Gasteiger partial charge >= 0.3 is 0 Å². The molecule has 0 saturated carbocycles. The lowest BCUT2D eigenvalue weighted by Crippen LogP contribution is -2.33. The number of carbonyl (C=O) groups is 1. The first-order valence-corrected chi connectivity index (χ1v) is 7.74. The number of carbonyl (C=O) groups excluding carboxylic acids is 1. The van der Waals surface area contributed by atoms with Crippen molar-refractivity contribution in [3.05, 3.63) is 49.6 Å². The quantitative estimate of drug-likeness (QED) is 0.475. The number of amides is 1. The summed E-state index contributed by atoms with van der Waals surface area (Å²) in [5.41, 5.74) is 0.709. The van der Waals surface area contributed by atoms with Crippen LogP contribution >= 0.6 is 0 Å². The van der Waals surface area contributed by atoms with Crippen LogP contribution in [0.1, 0.15) is 6.92 Å². The molecular formula is C18H26N2O3. The van der Waals surface area contributed by atoms with E-state index >= 15 is 0 Å². The fourth-order valence-electron chi connectivity index (χ4n) is 2.00. The summed E-state index contributed by atoms with van der Waals surface area (Å²) < 4.78 is 10.8. The highest BCUT2D eigenvalue weighted by Gasteiger charge is 2.08. The lowest BCUT2D eigenvalue weighted by atomic mass is 10.3. The molecule has 0 aromatic heterocycles. The average molecular weight is 318 g/mol. The van der Waals surface area contributed by atoms with Gasteiger partial charge in [0.2, 0.25) is 5.91 Å². The molecule has 1 rings (SSSR count).